The van der Waals surface area contributed by atoms with Gasteiger partial charge in [0.1, 0.15) is 5.76 Å². The zero-order valence-corrected chi connectivity index (χ0v) is 11.3. The Balaban J connectivity index is 1.63. The second-order valence-corrected chi connectivity index (χ2v) is 5.46. The fourth-order valence-electron chi connectivity index (χ4n) is 2.54. The summed E-state index contributed by atoms with van der Waals surface area (Å²) in [5, 5.41) is 6.82. The van der Waals surface area contributed by atoms with Gasteiger partial charge in [-0.1, -0.05) is 5.16 Å². The Morgan fingerprint density at radius 1 is 1.53 bits per heavy atom. The van der Waals surface area contributed by atoms with Crippen LogP contribution in [0, 0.1) is 0 Å². The first kappa shape index (κ1) is 12.6. The Morgan fingerprint density at radius 3 is 3.00 bits per heavy atom. The molecule has 1 N–H and O–H groups in total. The van der Waals surface area contributed by atoms with E-state index in [1.165, 1.54) is 0 Å². The van der Waals surface area contributed by atoms with Crippen molar-refractivity contribution >= 4 is 5.91 Å². The smallest absolute Gasteiger partial charge is 0.273 e. The molecule has 6 nitrogen and oxygen atoms in total. The Morgan fingerprint density at radius 2 is 2.32 bits per heavy atom. The molecule has 2 fully saturated rings. The first-order valence-electron chi connectivity index (χ1n) is 6.66. The minimum absolute atomic E-state index is 0.00331. The lowest BCUT2D eigenvalue weighted by Gasteiger charge is -2.17. The Labute approximate surface area is 112 Å². The van der Waals surface area contributed by atoms with Crippen LogP contribution >= 0.6 is 0 Å². The van der Waals surface area contributed by atoms with Gasteiger partial charge in [0.05, 0.1) is 12.1 Å². The molecule has 6 heteroatoms. The molecule has 0 radical (unpaired) electrons. The molecule has 2 heterocycles. The molecule has 0 spiro atoms. The van der Waals surface area contributed by atoms with E-state index >= 15 is 0 Å². The summed E-state index contributed by atoms with van der Waals surface area (Å²) in [7, 11) is 3.68. The third-order valence-electron chi connectivity index (χ3n) is 3.81. The largest absolute Gasteiger partial charge is 0.378 e. The monoisotopic (exact) mass is 265 g/mol. The molecule has 1 amide bonds. The maximum Gasteiger partial charge on any atom is 0.273 e. The minimum atomic E-state index is -0.182. The minimum Gasteiger partial charge on any atom is -0.378 e. The Bertz CT molecular complexity index is 469. The number of aromatic nitrogens is 1. The topological polar surface area (TPSA) is 67.6 Å². The summed E-state index contributed by atoms with van der Waals surface area (Å²) in [6, 6.07) is 1.76. The molecule has 0 unspecified atom stereocenters. The van der Waals surface area contributed by atoms with E-state index in [-0.39, 0.29) is 18.1 Å². The van der Waals surface area contributed by atoms with Gasteiger partial charge in [-0.05, 0) is 19.9 Å². The van der Waals surface area contributed by atoms with Crippen LogP contribution in [-0.2, 0) is 4.74 Å². The van der Waals surface area contributed by atoms with E-state index in [0.29, 0.717) is 11.6 Å². The summed E-state index contributed by atoms with van der Waals surface area (Å²) in [6.45, 7) is 1.62. The fraction of sp³-hybridized carbons (Fsp3) is 0.692. The van der Waals surface area contributed by atoms with Gasteiger partial charge < -0.3 is 19.5 Å². The molecule has 1 saturated carbocycles. The maximum atomic E-state index is 12.1. The number of nitrogens with one attached hydrogen (secondary N) is 1. The summed E-state index contributed by atoms with van der Waals surface area (Å²) in [5.74, 6) is 1.12. The standard InChI is InChI=1S/C13H19N3O3/c1-16-6-10(12(7-16)18-2)14-13(17)9-5-11(19-15-9)8-3-4-8/h5,8,10,12H,3-4,6-7H2,1-2H3,(H,14,17)/t10-,12-/m1/s1. The van der Waals surface area contributed by atoms with Gasteiger partial charge in [-0.25, -0.2) is 0 Å². The number of carbonyl (C=O) groups excluding carboxylic acids is 1. The van der Waals surface area contributed by atoms with Crippen molar-refractivity contribution < 1.29 is 14.1 Å². The SMILES string of the molecule is CO[C@@H]1CN(C)C[C@H]1NC(=O)c1cc(C2CC2)on1. The fourth-order valence-corrected chi connectivity index (χ4v) is 2.54. The number of amides is 1. The van der Waals surface area contributed by atoms with Crippen LogP contribution < -0.4 is 5.32 Å². The van der Waals surface area contributed by atoms with Crippen LogP contribution in [0.5, 0.6) is 0 Å². The molecule has 3 rings (SSSR count). The molecule has 1 aromatic rings. The highest BCUT2D eigenvalue weighted by molar-refractivity contribution is 5.92. The van der Waals surface area contributed by atoms with E-state index in [1.54, 1.807) is 13.2 Å². The van der Waals surface area contributed by atoms with Crippen molar-refractivity contribution in [1.82, 2.24) is 15.4 Å². The lowest BCUT2D eigenvalue weighted by molar-refractivity contribution is 0.0760. The second kappa shape index (κ2) is 4.94. The van der Waals surface area contributed by atoms with E-state index < -0.39 is 0 Å². The number of hydrogen-bond donors (Lipinski definition) is 1. The molecule has 2 aliphatic rings. The number of hydrogen-bond acceptors (Lipinski definition) is 5. The lowest BCUT2D eigenvalue weighted by atomic mass is 10.2. The Kier molecular flexibility index (Phi) is 3.28. The van der Waals surface area contributed by atoms with Crippen molar-refractivity contribution in [2.45, 2.75) is 30.9 Å². The number of rotatable bonds is 4. The van der Waals surface area contributed by atoms with Gasteiger partial charge in [-0.15, -0.1) is 0 Å². The molecular weight excluding hydrogens is 246 g/mol. The van der Waals surface area contributed by atoms with E-state index in [9.17, 15) is 4.79 Å². The van der Waals surface area contributed by atoms with E-state index in [0.717, 1.165) is 31.7 Å². The van der Waals surface area contributed by atoms with Gasteiger partial charge in [0.25, 0.3) is 5.91 Å². The predicted octanol–water partition coefficient (Wildman–Crippen LogP) is 0.611. The van der Waals surface area contributed by atoms with Crippen LogP contribution in [0.3, 0.4) is 0 Å². The molecule has 2 atom stereocenters. The predicted molar refractivity (Wildman–Crippen MR) is 68.0 cm³/mol. The second-order valence-electron chi connectivity index (χ2n) is 5.46. The number of nitrogens with zero attached hydrogens (tertiary/aromatic N) is 2. The average molecular weight is 265 g/mol. The molecule has 1 aliphatic heterocycles. The first-order chi connectivity index (χ1) is 9.17. The van der Waals surface area contributed by atoms with E-state index in [2.05, 4.69) is 15.4 Å². The highest BCUT2D eigenvalue weighted by Gasteiger charge is 2.33. The van der Waals surface area contributed by atoms with Crippen molar-refractivity contribution in [3.63, 3.8) is 0 Å². The maximum absolute atomic E-state index is 12.1. The highest BCUT2D eigenvalue weighted by atomic mass is 16.5. The summed E-state index contributed by atoms with van der Waals surface area (Å²) < 4.78 is 10.6. The summed E-state index contributed by atoms with van der Waals surface area (Å²) in [6.07, 6.45) is 2.30. The van der Waals surface area contributed by atoms with Crippen molar-refractivity contribution in [3.05, 3.63) is 17.5 Å². The summed E-state index contributed by atoms with van der Waals surface area (Å²) in [5.41, 5.74) is 0.367. The van der Waals surface area contributed by atoms with E-state index in [4.69, 9.17) is 9.26 Å². The van der Waals surface area contributed by atoms with Crippen LogP contribution in [0.15, 0.2) is 10.6 Å². The normalized spacial score (nSPS) is 27.7. The molecule has 104 valence electrons. The molecule has 1 aliphatic carbocycles. The van der Waals surface area contributed by atoms with Crippen LogP contribution in [0.4, 0.5) is 0 Å². The number of carbonyl (C=O) groups is 1. The zero-order valence-electron chi connectivity index (χ0n) is 11.3. The van der Waals surface area contributed by atoms with Crippen LogP contribution in [0.25, 0.3) is 0 Å². The van der Waals surface area contributed by atoms with Gasteiger partial charge in [-0.2, -0.15) is 0 Å². The van der Waals surface area contributed by atoms with Crippen molar-refractivity contribution in [2.75, 3.05) is 27.2 Å². The number of methoxy groups -OCH3 is 1. The van der Waals surface area contributed by atoms with Crippen molar-refractivity contribution in [1.29, 1.82) is 0 Å². The Hall–Kier alpha value is -1.40. The molecular formula is C13H19N3O3. The molecule has 0 aromatic carbocycles. The average Bonchev–Trinajstić information content (AvgIpc) is 3.00. The van der Waals surface area contributed by atoms with Gasteiger partial charge in [-0.3, -0.25) is 4.79 Å². The van der Waals surface area contributed by atoms with Crippen molar-refractivity contribution in [3.8, 4) is 0 Å². The molecule has 1 saturated heterocycles. The molecule has 0 bridgehead atoms. The molecule has 19 heavy (non-hydrogen) atoms. The van der Waals surface area contributed by atoms with Gasteiger partial charge >= 0.3 is 0 Å². The summed E-state index contributed by atoms with van der Waals surface area (Å²) in [4.78, 5) is 14.3. The van der Waals surface area contributed by atoms with Crippen LogP contribution in [-0.4, -0.2) is 55.4 Å². The quantitative estimate of drug-likeness (QED) is 0.864. The number of ether oxygens (including phenoxy) is 1. The van der Waals surface area contributed by atoms with Crippen LogP contribution in [0.1, 0.15) is 35.0 Å². The third-order valence-corrected chi connectivity index (χ3v) is 3.81. The van der Waals surface area contributed by atoms with Crippen LogP contribution in [0.2, 0.25) is 0 Å². The number of likely N-dealkylation sites (tertiary alicyclic amines) is 1. The van der Waals surface area contributed by atoms with Crippen molar-refractivity contribution in [2.24, 2.45) is 0 Å². The van der Waals surface area contributed by atoms with Gasteiger partial charge in [0.15, 0.2) is 5.69 Å². The zero-order chi connectivity index (χ0) is 13.4. The van der Waals surface area contributed by atoms with Gasteiger partial charge in [0, 0.05) is 32.2 Å². The van der Waals surface area contributed by atoms with Gasteiger partial charge in [0.2, 0.25) is 0 Å². The number of likely N-dealkylation sites (N-methyl/N-ethyl adjacent to an activating group) is 1. The molecule has 1 aromatic heterocycles. The highest BCUT2D eigenvalue weighted by Crippen LogP contribution is 2.40. The van der Waals surface area contributed by atoms with E-state index in [1.807, 2.05) is 7.05 Å². The first-order valence-corrected chi connectivity index (χ1v) is 6.66. The summed E-state index contributed by atoms with van der Waals surface area (Å²) >= 11 is 0. The third kappa shape index (κ3) is 2.64. The lowest BCUT2D eigenvalue weighted by Crippen LogP contribution is -2.43.